The topological polar surface area (TPSA) is 93.3 Å². The molecule has 0 saturated heterocycles. The van der Waals surface area contributed by atoms with Crippen molar-refractivity contribution >= 4 is 23.6 Å². The van der Waals surface area contributed by atoms with Crippen LogP contribution >= 0.6 is 11.8 Å². The summed E-state index contributed by atoms with van der Waals surface area (Å²) in [4.78, 5) is 27.0. The zero-order valence-corrected chi connectivity index (χ0v) is 10.6. The van der Waals surface area contributed by atoms with Gasteiger partial charge in [-0.25, -0.2) is 9.78 Å². The van der Waals surface area contributed by atoms with Gasteiger partial charge >= 0.3 is 5.97 Å². The minimum atomic E-state index is -1.03. The Morgan fingerprint density at radius 2 is 1.79 bits per heavy atom. The maximum atomic E-state index is 11.3. The Kier molecular flexibility index (Phi) is 3.82. The van der Waals surface area contributed by atoms with Crippen LogP contribution in [0.4, 0.5) is 0 Å². The van der Waals surface area contributed by atoms with Crippen molar-refractivity contribution in [1.29, 1.82) is 0 Å². The molecular weight excluding hydrogens is 264 g/mol. The number of amides is 1. The number of hydrogen-bond donors (Lipinski definition) is 2. The van der Waals surface area contributed by atoms with Crippen LogP contribution in [-0.4, -0.2) is 22.0 Å². The highest BCUT2D eigenvalue weighted by atomic mass is 32.2. The van der Waals surface area contributed by atoms with Crippen molar-refractivity contribution in [3.63, 3.8) is 0 Å². The van der Waals surface area contributed by atoms with Crippen molar-refractivity contribution in [1.82, 2.24) is 4.98 Å². The van der Waals surface area contributed by atoms with E-state index in [9.17, 15) is 9.59 Å². The van der Waals surface area contributed by atoms with Gasteiger partial charge in [-0.05, 0) is 24.3 Å². The molecule has 0 radical (unpaired) electrons. The summed E-state index contributed by atoms with van der Waals surface area (Å²) in [5.74, 6) is -1.62. The molecular formula is C13H10N2O3S. The first-order chi connectivity index (χ1) is 9.09. The first kappa shape index (κ1) is 13.1. The molecule has 0 saturated carbocycles. The largest absolute Gasteiger partial charge is 0.478 e. The molecule has 1 heterocycles. The van der Waals surface area contributed by atoms with Crippen LogP contribution in [0.25, 0.3) is 0 Å². The van der Waals surface area contributed by atoms with Gasteiger partial charge in [0.15, 0.2) is 0 Å². The lowest BCUT2D eigenvalue weighted by Crippen LogP contribution is -2.12. The number of carboxylic acids is 1. The molecule has 0 atom stereocenters. The minimum absolute atomic E-state index is 0.161. The number of rotatable bonds is 4. The molecule has 1 aromatic carbocycles. The van der Waals surface area contributed by atoms with Crippen LogP contribution < -0.4 is 5.73 Å². The second kappa shape index (κ2) is 5.53. The molecule has 19 heavy (non-hydrogen) atoms. The molecule has 1 amide bonds. The maximum Gasteiger partial charge on any atom is 0.336 e. The van der Waals surface area contributed by atoms with E-state index in [4.69, 9.17) is 10.8 Å². The summed E-state index contributed by atoms with van der Waals surface area (Å²) in [6.07, 6.45) is 1.53. The zero-order chi connectivity index (χ0) is 13.8. The van der Waals surface area contributed by atoms with E-state index < -0.39 is 11.9 Å². The van der Waals surface area contributed by atoms with E-state index in [1.807, 2.05) is 0 Å². The van der Waals surface area contributed by atoms with E-state index in [-0.39, 0.29) is 11.1 Å². The number of carboxylic acid groups (broad SMARTS) is 1. The first-order valence-corrected chi connectivity index (χ1v) is 6.16. The van der Waals surface area contributed by atoms with Gasteiger partial charge in [-0.15, -0.1) is 0 Å². The number of nitrogens with zero attached hydrogens (tertiary/aromatic N) is 1. The number of aromatic nitrogens is 1. The predicted octanol–water partition coefficient (Wildman–Crippen LogP) is 2.03. The summed E-state index contributed by atoms with van der Waals surface area (Å²) < 4.78 is 0. The average molecular weight is 274 g/mol. The predicted molar refractivity (Wildman–Crippen MR) is 70.3 cm³/mol. The van der Waals surface area contributed by atoms with E-state index in [0.29, 0.717) is 9.92 Å². The SMILES string of the molecule is NC(=O)c1cccnc1Sc1ccccc1C(=O)O. The third kappa shape index (κ3) is 2.92. The number of hydrogen-bond acceptors (Lipinski definition) is 4. The molecule has 2 rings (SSSR count). The Morgan fingerprint density at radius 3 is 2.47 bits per heavy atom. The lowest BCUT2D eigenvalue weighted by atomic mass is 10.2. The quantitative estimate of drug-likeness (QED) is 0.889. The summed E-state index contributed by atoms with van der Waals surface area (Å²) in [7, 11) is 0. The molecule has 2 aromatic rings. The van der Waals surface area contributed by atoms with Crippen molar-refractivity contribution in [3.8, 4) is 0 Å². The number of primary amides is 1. The molecule has 3 N–H and O–H groups in total. The first-order valence-electron chi connectivity index (χ1n) is 5.34. The molecule has 0 aliphatic carbocycles. The summed E-state index contributed by atoms with van der Waals surface area (Å²) in [5.41, 5.74) is 5.69. The number of nitrogens with two attached hydrogens (primary N) is 1. The molecule has 1 aromatic heterocycles. The molecule has 96 valence electrons. The Morgan fingerprint density at radius 1 is 1.11 bits per heavy atom. The molecule has 0 aliphatic rings. The molecule has 6 heteroatoms. The van der Waals surface area contributed by atoms with E-state index in [0.717, 1.165) is 11.8 Å². The lowest BCUT2D eigenvalue weighted by Gasteiger charge is -2.07. The number of benzene rings is 1. The minimum Gasteiger partial charge on any atom is -0.478 e. The second-order valence-electron chi connectivity index (χ2n) is 3.62. The van der Waals surface area contributed by atoms with Crippen molar-refractivity contribution in [2.75, 3.05) is 0 Å². The molecule has 0 bridgehead atoms. The lowest BCUT2D eigenvalue weighted by molar-refractivity contribution is 0.0693. The van der Waals surface area contributed by atoms with Gasteiger partial charge in [-0.3, -0.25) is 4.79 Å². The second-order valence-corrected chi connectivity index (χ2v) is 4.65. The molecule has 0 spiro atoms. The van der Waals surface area contributed by atoms with Gasteiger partial charge in [0.25, 0.3) is 5.91 Å². The highest BCUT2D eigenvalue weighted by Gasteiger charge is 2.14. The third-order valence-corrected chi connectivity index (χ3v) is 3.46. The summed E-state index contributed by atoms with van der Waals surface area (Å²) in [6, 6.07) is 9.68. The monoisotopic (exact) mass is 274 g/mol. The Balaban J connectivity index is 2.42. The fraction of sp³-hybridized carbons (Fsp3) is 0. The standard InChI is InChI=1S/C13H10N2O3S/c14-11(16)9-5-3-7-15-12(9)19-10-6-2-1-4-8(10)13(17)18/h1-7H,(H2,14,16)(H,17,18). The van der Waals surface area contributed by atoms with E-state index in [1.54, 1.807) is 30.3 Å². The van der Waals surface area contributed by atoms with Crippen LogP contribution in [0, 0.1) is 0 Å². The van der Waals surface area contributed by atoms with E-state index in [2.05, 4.69) is 4.98 Å². The normalized spacial score (nSPS) is 10.1. The summed E-state index contributed by atoms with van der Waals surface area (Å²) in [6.45, 7) is 0. The van der Waals surface area contributed by atoms with Gasteiger partial charge in [0.2, 0.25) is 0 Å². The Labute approximate surface area is 113 Å². The summed E-state index contributed by atoms with van der Waals surface area (Å²) >= 11 is 1.10. The fourth-order valence-corrected chi connectivity index (χ4v) is 2.51. The summed E-state index contributed by atoms with van der Waals surface area (Å²) in [5, 5.41) is 9.49. The molecule has 0 aliphatic heterocycles. The zero-order valence-electron chi connectivity index (χ0n) is 9.74. The van der Waals surface area contributed by atoms with Gasteiger partial charge in [0.1, 0.15) is 5.03 Å². The van der Waals surface area contributed by atoms with Crippen LogP contribution in [0.2, 0.25) is 0 Å². The smallest absolute Gasteiger partial charge is 0.336 e. The van der Waals surface area contributed by atoms with Crippen molar-refractivity contribution in [2.45, 2.75) is 9.92 Å². The van der Waals surface area contributed by atoms with Crippen molar-refractivity contribution < 1.29 is 14.7 Å². The number of carbonyl (C=O) groups is 2. The van der Waals surface area contributed by atoms with Gasteiger partial charge in [0.05, 0.1) is 11.1 Å². The van der Waals surface area contributed by atoms with Gasteiger partial charge in [-0.2, -0.15) is 0 Å². The third-order valence-electron chi connectivity index (χ3n) is 2.36. The van der Waals surface area contributed by atoms with Crippen molar-refractivity contribution in [3.05, 3.63) is 53.7 Å². The molecule has 5 nitrogen and oxygen atoms in total. The van der Waals surface area contributed by atoms with Gasteiger partial charge in [0, 0.05) is 11.1 Å². The van der Waals surface area contributed by atoms with E-state index >= 15 is 0 Å². The number of pyridine rings is 1. The molecule has 0 unspecified atom stereocenters. The van der Waals surface area contributed by atoms with E-state index in [1.165, 1.54) is 12.3 Å². The molecule has 0 fully saturated rings. The van der Waals surface area contributed by atoms with Crippen LogP contribution in [0.1, 0.15) is 20.7 Å². The van der Waals surface area contributed by atoms with Crippen LogP contribution in [0.15, 0.2) is 52.5 Å². The Hall–Kier alpha value is -2.34. The highest BCUT2D eigenvalue weighted by molar-refractivity contribution is 7.99. The average Bonchev–Trinajstić information content (AvgIpc) is 2.39. The number of carbonyl (C=O) groups excluding carboxylic acids is 1. The highest BCUT2D eigenvalue weighted by Crippen LogP contribution is 2.31. The maximum absolute atomic E-state index is 11.3. The van der Waals surface area contributed by atoms with Crippen LogP contribution in [-0.2, 0) is 0 Å². The van der Waals surface area contributed by atoms with Crippen LogP contribution in [0.3, 0.4) is 0 Å². The Bertz CT molecular complexity index is 588. The van der Waals surface area contributed by atoms with Gasteiger partial charge < -0.3 is 10.8 Å². The van der Waals surface area contributed by atoms with Crippen molar-refractivity contribution in [2.24, 2.45) is 5.73 Å². The van der Waals surface area contributed by atoms with Gasteiger partial charge in [-0.1, -0.05) is 23.9 Å². The number of aromatic carboxylic acids is 1. The van der Waals surface area contributed by atoms with Crippen LogP contribution in [0.5, 0.6) is 0 Å². The fourth-order valence-electron chi connectivity index (χ4n) is 1.50.